The maximum absolute atomic E-state index is 15.0. The highest BCUT2D eigenvalue weighted by Gasteiger charge is 2.46. The lowest BCUT2D eigenvalue weighted by Gasteiger charge is -2.39. The summed E-state index contributed by atoms with van der Waals surface area (Å²) in [6, 6.07) is 8.82. The summed E-state index contributed by atoms with van der Waals surface area (Å²) < 4.78 is 28.4. The van der Waals surface area contributed by atoms with Crippen molar-refractivity contribution in [3.05, 3.63) is 99.2 Å². The molecule has 2 heterocycles. The second kappa shape index (κ2) is 17.0. The summed E-state index contributed by atoms with van der Waals surface area (Å²) in [6.45, 7) is -0.955. The number of ether oxygens (including phenoxy) is 4. The quantitative estimate of drug-likeness (QED) is 0.0399. The maximum Gasteiger partial charge on any atom is 0.343 e. The molecule has 5 atom stereocenters. The van der Waals surface area contributed by atoms with Crippen LogP contribution in [0.5, 0.6) is 74.7 Å². The molecule has 0 radical (unpaired) electrons. The first-order valence-electron chi connectivity index (χ1n) is 18.4. The van der Waals surface area contributed by atoms with Crippen molar-refractivity contribution in [2.45, 2.75) is 30.7 Å². The number of aliphatic hydroxyl groups is 4. The number of fused-ring (bicyclic) bond motifs is 1. The molecule has 6 aromatic rings. The molecule has 0 aliphatic carbocycles. The van der Waals surface area contributed by atoms with Crippen LogP contribution in [0.2, 0.25) is 0 Å². The fraction of sp³-hybridized carbons (Fsp3) is 0.143. The van der Waals surface area contributed by atoms with Crippen molar-refractivity contribution in [3.63, 3.8) is 0 Å². The van der Waals surface area contributed by atoms with Gasteiger partial charge in [-0.2, -0.15) is 0 Å². The van der Waals surface area contributed by atoms with Crippen LogP contribution in [-0.4, -0.2) is 127 Å². The number of hydrogen-bond donors (Lipinski definition) is 14. The molecule has 23 heteroatoms. The first-order valence-corrected chi connectivity index (χ1v) is 18.4. The Kier molecular flexibility index (Phi) is 11.7. The molecule has 1 fully saturated rings. The van der Waals surface area contributed by atoms with E-state index in [-0.39, 0.29) is 11.3 Å². The van der Waals surface area contributed by atoms with E-state index in [1.807, 2.05) is 0 Å². The van der Waals surface area contributed by atoms with Gasteiger partial charge in [-0.15, -0.1) is 0 Å². The highest BCUT2D eigenvalue weighted by Crippen LogP contribution is 2.45. The molecule has 338 valence electrons. The van der Waals surface area contributed by atoms with Crippen LogP contribution in [0.25, 0.3) is 22.3 Å². The van der Waals surface area contributed by atoms with Crippen LogP contribution in [0.4, 0.5) is 0 Å². The number of aromatic hydroxyl groups is 10. The fourth-order valence-electron chi connectivity index (χ4n) is 6.50. The molecular weight excluding hydrogens is 872 g/mol. The molecule has 65 heavy (non-hydrogen) atoms. The smallest absolute Gasteiger partial charge is 0.343 e. The van der Waals surface area contributed by atoms with Crippen molar-refractivity contribution < 1.29 is 109 Å². The van der Waals surface area contributed by atoms with E-state index in [9.17, 15) is 85.9 Å². The van der Waals surface area contributed by atoms with Gasteiger partial charge in [0, 0.05) is 17.2 Å². The summed E-state index contributed by atoms with van der Waals surface area (Å²) in [5.41, 5.74) is -5.77. The van der Waals surface area contributed by atoms with E-state index in [0.717, 1.165) is 12.1 Å². The molecule has 14 N–H and O–H groups in total. The van der Waals surface area contributed by atoms with Crippen LogP contribution in [0.1, 0.15) is 36.6 Å². The van der Waals surface area contributed by atoms with Crippen LogP contribution >= 0.6 is 0 Å². The number of rotatable bonds is 10. The fourth-order valence-corrected chi connectivity index (χ4v) is 6.50. The van der Waals surface area contributed by atoms with Crippen LogP contribution < -0.4 is 19.6 Å². The number of phenolic OH excluding ortho intramolecular Hbond substituents is 10. The summed E-state index contributed by atoms with van der Waals surface area (Å²) in [7, 11) is 0. The lowest BCUT2D eigenvalue weighted by atomic mass is 9.97. The zero-order chi connectivity index (χ0) is 47.3. The predicted octanol–water partition coefficient (Wildman–Crippen LogP) is 1.36. The van der Waals surface area contributed by atoms with Gasteiger partial charge in [0.15, 0.2) is 63.3 Å². The summed E-state index contributed by atoms with van der Waals surface area (Å²) in [4.78, 5) is 57.4. The number of ketones is 1. The minimum Gasteiger partial charge on any atom is -0.508 e. The Morgan fingerprint density at radius 1 is 0.585 bits per heavy atom. The molecule has 0 bridgehead atoms. The first kappa shape index (κ1) is 44.6. The Bertz CT molecular complexity index is 2900. The molecular formula is C42H32O23. The normalized spacial score (nSPS) is 18.2. The molecule has 0 amide bonds. The summed E-state index contributed by atoms with van der Waals surface area (Å²) in [6.07, 6.45) is -9.88. The van der Waals surface area contributed by atoms with Gasteiger partial charge in [-0.1, -0.05) is 0 Å². The van der Waals surface area contributed by atoms with Crippen molar-refractivity contribution in [2.24, 2.45) is 0 Å². The molecule has 1 aliphatic rings. The summed E-state index contributed by atoms with van der Waals surface area (Å²) in [5.74, 6) is -18.6. The van der Waals surface area contributed by atoms with E-state index >= 15 is 4.79 Å². The monoisotopic (exact) mass is 904 g/mol. The largest absolute Gasteiger partial charge is 0.508 e. The third-order valence-corrected chi connectivity index (χ3v) is 9.84. The van der Waals surface area contributed by atoms with Gasteiger partial charge in [-0.05, 0) is 60.7 Å². The van der Waals surface area contributed by atoms with E-state index in [2.05, 4.69) is 0 Å². The summed E-state index contributed by atoms with van der Waals surface area (Å²) in [5, 5.41) is 142. The Balaban J connectivity index is 1.58. The van der Waals surface area contributed by atoms with Gasteiger partial charge in [0.1, 0.15) is 52.4 Å². The Hall–Kier alpha value is -8.48. The molecule has 0 spiro atoms. The van der Waals surface area contributed by atoms with Gasteiger partial charge < -0.3 is 94.9 Å². The van der Waals surface area contributed by atoms with Crippen molar-refractivity contribution in [2.75, 3.05) is 6.61 Å². The standard InChI is InChI=1S/C42H32O23/c43-12-26-33(55)35(57)36(58)42(63-26)65-39-34(56)28-24(61-37(39)13-1-3-17(44)4-2-13)11-25(62-40(59)15-7-20(47)31(53)21(48)8-15)27(29(51)14-5-18(45)30(52)19(46)6-14)38(28)64-41(60)16-9-22(49)32(54)23(50)10-16/h1-11,26,33,35-36,42-50,52-55,57-58H,12H2/t26-,33-,35+,36-,42?/m1/s1. The van der Waals surface area contributed by atoms with Crippen molar-refractivity contribution in [1.82, 2.24) is 0 Å². The number of carbonyl (C=O) groups excluding carboxylic acids is 3. The number of carbonyl (C=O) groups is 3. The Morgan fingerprint density at radius 3 is 1.55 bits per heavy atom. The average Bonchev–Trinajstić information content (AvgIpc) is 3.26. The van der Waals surface area contributed by atoms with Gasteiger partial charge >= 0.3 is 11.9 Å². The van der Waals surface area contributed by atoms with E-state index in [1.54, 1.807) is 0 Å². The lowest BCUT2D eigenvalue weighted by molar-refractivity contribution is -0.277. The molecule has 7 rings (SSSR count). The molecule has 1 aromatic heterocycles. The van der Waals surface area contributed by atoms with E-state index in [4.69, 9.17) is 23.4 Å². The molecule has 1 unspecified atom stereocenters. The molecule has 0 saturated carbocycles. The number of hydrogen-bond acceptors (Lipinski definition) is 23. The average molecular weight is 905 g/mol. The second-order valence-electron chi connectivity index (χ2n) is 14.1. The van der Waals surface area contributed by atoms with Crippen molar-refractivity contribution in [1.29, 1.82) is 0 Å². The number of esters is 2. The van der Waals surface area contributed by atoms with Gasteiger partial charge in [0.2, 0.25) is 23.3 Å². The number of benzene rings is 5. The van der Waals surface area contributed by atoms with E-state index in [1.165, 1.54) is 12.1 Å². The minimum atomic E-state index is -2.17. The minimum absolute atomic E-state index is 0.112. The van der Waals surface area contributed by atoms with Crippen LogP contribution in [0.3, 0.4) is 0 Å². The third-order valence-electron chi connectivity index (χ3n) is 9.84. The van der Waals surface area contributed by atoms with E-state index in [0.29, 0.717) is 42.5 Å². The molecule has 1 saturated heterocycles. The number of aliphatic hydroxyl groups excluding tert-OH is 4. The van der Waals surface area contributed by atoms with Crippen molar-refractivity contribution >= 4 is 28.7 Å². The van der Waals surface area contributed by atoms with Gasteiger partial charge in [-0.3, -0.25) is 9.59 Å². The Morgan fingerprint density at radius 2 is 1.06 bits per heavy atom. The SMILES string of the molecule is O=C(Oc1cc2oc(-c3ccc(O)cc3)c(OC3O[C@H](CO)[C@@H](O)[C@H](O)[C@H]3O)c(=O)c2c(OC(=O)c2cc(O)c(O)c(O)c2)c1C(=O)c1cc(O)c(O)c(O)c1)c1cc(O)c(O)c(O)c1. The lowest BCUT2D eigenvalue weighted by Crippen LogP contribution is -2.60. The maximum atomic E-state index is 15.0. The Labute approximate surface area is 360 Å². The molecule has 5 aromatic carbocycles. The number of phenols is 10. The van der Waals surface area contributed by atoms with Gasteiger partial charge in [0.25, 0.3) is 0 Å². The molecule has 23 nitrogen and oxygen atoms in total. The van der Waals surface area contributed by atoms with Crippen molar-refractivity contribution in [3.8, 4) is 86.1 Å². The van der Waals surface area contributed by atoms with Crippen LogP contribution in [-0.2, 0) is 4.74 Å². The summed E-state index contributed by atoms with van der Waals surface area (Å²) >= 11 is 0. The van der Waals surface area contributed by atoms with Crippen LogP contribution in [0.15, 0.2) is 75.9 Å². The van der Waals surface area contributed by atoms with Gasteiger partial charge in [-0.25, -0.2) is 9.59 Å². The third kappa shape index (κ3) is 8.17. The van der Waals surface area contributed by atoms with Crippen LogP contribution in [0, 0.1) is 0 Å². The zero-order valence-electron chi connectivity index (χ0n) is 32.4. The highest BCUT2D eigenvalue weighted by molar-refractivity contribution is 6.17. The zero-order valence-corrected chi connectivity index (χ0v) is 32.4. The second-order valence-corrected chi connectivity index (χ2v) is 14.1. The van der Waals surface area contributed by atoms with Gasteiger partial charge in [0.05, 0.1) is 17.7 Å². The molecule has 1 aliphatic heterocycles. The topological polar surface area (TPSA) is 402 Å². The first-order chi connectivity index (χ1) is 30.7. The van der Waals surface area contributed by atoms with E-state index < -0.39 is 168 Å². The highest BCUT2D eigenvalue weighted by atomic mass is 16.7. The predicted molar refractivity (Wildman–Crippen MR) is 212 cm³/mol.